The van der Waals surface area contributed by atoms with Gasteiger partial charge >= 0.3 is 0 Å². The summed E-state index contributed by atoms with van der Waals surface area (Å²) in [5.41, 5.74) is 3.86. The van der Waals surface area contributed by atoms with Crippen molar-refractivity contribution >= 4 is 0 Å². The van der Waals surface area contributed by atoms with Crippen molar-refractivity contribution < 1.29 is 9.47 Å². The molecule has 0 aromatic carbocycles. The minimum Gasteiger partial charge on any atom is -0.493 e. The summed E-state index contributed by atoms with van der Waals surface area (Å²) in [6.07, 6.45) is 2.74. The Morgan fingerprint density at radius 3 is 3.00 bits per heavy atom. The van der Waals surface area contributed by atoms with E-state index in [1.54, 1.807) is 13.3 Å². The Hall–Kier alpha value is -1.15. The van der Waals surface area contributed by atoms with Crippen LogP contribution >= 0.6 is 0 Å². The average molecular weight is 297 g/mol. The number of hydrogen-bond donors (Lipinski definition) is 2. The van der Waals surface area contributed by atoms with Gasteiger partial charge in [-0.05, 0) is 13.0 Å². The third-order valence-corrected chi connectivity index (χ3v) is 3.97. The lowest BCUT2D eigenvalue weighted by Gasteiger charge is -2.36. The second-order valence-corrected chi connectivity index (χ2v) is 5.27. The van der Waals surface area contributed by atoms with Gasteiger partial charge in [-0.1, -0.05) is 13.8 Å². The molecule has 1 aromatic rings. The molecule has 120 valence electrons. The zero-order valence-electron chi connectivity index (χ0n) is 13.2. The number of aromatic nitrogens is 2. The molecule has 2 heterocycles. The van der Waals surface area contributed by atoms with Crippen molar-refractivity contribution in [3.8, 4) is 5.75 Å². The molecule has 7 heteroatoms. The van der Waals surface area contributed by atoms with Crippen LogP contribution in [-0.4, -0.2) is 54.1 Å². The minimum absolute atomic E-state index is 0.00935. The van der Waals surface area contributed by atoms with Gasteiger partial charge in [-0.2, -0.15) is 5.10 Å². The fraction of sp³-hybridized carbons (Fsp3) is 0.786. The molecule has 21 heavy (non-hydrogen) atoms. The van der Waals surface area contributed by atoms with Crippen LogP contribution in [0, 0.1) is 0 Å². The fourth-order valence-corrected chi connectivity index (χ4v) is 2.82. The molecule has 0 bridgehead atoms. The minimum atomic E-state index is -0.136. The van der Waals surface area contributed by atoms with Crippen molar-refractivity contribution in [3.05, 3.63) is 11.9 Å². The van der Waals surface area contributed by atoms with Crippen LogP contribution in [0.25, 0.3) is 0 Å². The van der Waals surface area contributed by atoms with Gasteiger partial charge in [0.15, 0.2) is 5.75 Å². The van der Waals surface area contributed by atoms with Crippen LogP contribution in [0.1, 0.15) is 32.0 Å². The van der Waals surface area contributed by atoms with E-state index >= 15 is 0 Å². The average Bonchev–Trinajstić information content (AvgIpc) is 2.92. The summed E-state index contributed by atoms with van der Waals surface area (Å²) in [6.45, 7) is 8.68. The molecule has 1 aliphatic rings. The lowest BCUT2D eigenvalue weighted by Crippen LogP contribution is -2.50. The zero-order chi connectivity index (χ0) is 15.2. The summed E-state index contributed by atoms with van der Waals surface area (Å²) in [7, 11) is 1.66. The number of nitrogens with zero attached hydrogens (tertiary/aromatic N) is 3. The first-order chi connectivity index (χ1) is 10.2. The van der Waals surface area contributed by atoms with Gasteiger partial charge < -0.3 is 9.47 Å². The van der Waals surface area contributed by atoms with E-state index in [9.17, 15) is 0 Å². The second kappa shape index (κ2) is 7.74. The standard InChI is InChI=1S/C14H27N5O2/c1-4-6-19-14(11(20-3)9-16-19)13(17-15)12-10-18(5-2)7-8-21-12/h9,12-13,17H,4-8,10,15H2,1-3H3. The summed E-state index contributed by atoms with van der Waals surface area (Å²) in [5, 5.41) is 4.41. The van der Waals surface area contributed by atoms with Crippen molar-refractivity contribution in [3.63, 3.8) is 0 Å². The normalized spacial score (nSPS) is 21.4. The zero-order valence-corrected chi connectivity index (χ0v) is 13.2. The number of hydrazine groups is 1. The van der Waals surface area contributed by atoms with E-state index in [-0.39, 0.29) is 12.1 Å². The number of hydrogen-bond acceptors (Lipinski definition) is 6. The SMILES string of the molecule is CCCn1ncc(OC)c1C(NN)C1CN(CC)CCO1. The maximum atomic E-state index is 5.94. The number of nitrogens with two attached hydrogens (primary N) is 1. The fourth-order valence-electron chi connectivity index (χ4n) is 2.82. The molecule has 1 saturated heterocycles. The molecule has 2 unspecified atom stereocenters. The molecular weight excluding hydrogens is 270 g/mol. The van der Waals surface area contributed by atoms with Crippen molar-refractivity contribution in [2.75, 3.05) is 33.4 Å². The Balaban J connectivity index is 2.25. The van der Waals surface area contributed by atoms with E-state index in [4.69, 9.17) is 15.3 Å². The predicted molar refractivity (Wildman–Crippen MR) is 81.0 cm³/mol. The Bertz CT molecular complexity index is 437. The van der Waals surface area contributed by atoms with Gasteiger partial charge in [-0.25, -0.2) is 5.43 Å². The summed E-state index contributed by atoms with van der Waals surface area (Å²) < 4.78 is 13.3. The molecule has 3 N–H and O–H groups in total. The highest BCUT2D eigenvalue weighted by atomic mass is 16.5. The van der Waals surface area contributed by atoms with Crippen molar-refractivity contribution in [2.24, 2.45) is 5.84 Å². The van der Waals surface area contributed by atoms with Crippen LogP contribution in [0.15, 0.2) is 6.20 Å². The maximum Gasteiger partial charge on any atom is 0.161 e. The Kier molecular flexibility index (Phi) is 5.98. The number of aryl methyl sites for hydroxylation is 1. The molecule has 0 radical (unpaired) electrons. The Labute approximate surface area is 126 Å². The van der Waals surface area contributed by atoms with Crippen LogP contribution in [0.3, 0.4) is 0 Å². The molecule has 1 aromatic heterocycles. The molecule has 0 amide bonds. The van der Waals surface area contributed by atoms with Crippen molar-refractivity contribution in [1.82, 2.24) is 20.1 Å². The number of ether oxygens (including phenoxy) is 2. The lowest BCUT2D eigenvalue weighted by atomic mass is 10.1. The van der Waals surface area contributed by atoms with Gasteiger partial charge in [0.25, 0.3) is 0 Å². The number of rotatable bonds is 7. The molecule has 0 aliphatic carbocycles. The van der Waals surface area contributed by atoms with Crippen LogP contribution in [0.2, 0.25) is 0 Å². The molecule has 1 aliphatic heterocycles. The topological polar surface area (TPSA) is 77.6 Å². The van der Waals surface area contributed by atoms with Crippen LogP contribution in [0.5, 0.6) is 5.75 Å². The Morgan fingerprint density at radius 2 is 2.38 bits per heavy atom. The van der Waals surface area contributed by atoms with Gasteiger partial charge in [0.1, 0.15) is 5.69 Å². The summed E-state index contributed by atoms with van der Waals surface area (Å²) >= 11 is 0. The van der Waals surface area contributed by atoms with Crippen LogP contribution in [0.4, 0.5) is 0 Å². The summed E-state index contributed by atoms with van der Waals surface area (Å²) in [6, 6.07) is -0.136. The third-order valence-electron chi connectivity index (χ3n) is 3.97. The molecule has 0 spiro atoms. The van der Waals surface area contributed by atoms with Crippen molar-refractivity contribution in [1.29, 1.82) is 0 Å². The summed E-state index contributed by atoms with van der Waals surface area (Å²) in [5.74, 6) is 6.58. The van der Waals surface area contributed by atoms with Gasteiger partial charge in [-0.15, -0.1) is 0 Å². The number of methoxy groups -OCH3 is 1. The third kappa shape index (κ3) is 3.55. The lowest BCUT2D eigenvalue weighted by molar-refractivity contribution is -0.0473. The van der Waals surface area contributed by atoms with Crippen LogP contribution < -0.4 is 16.0 Å². The molecule has 7 nitrogen and oxygen atoms in total. The van der Waals surface area contributed by atoms with E-state index in [1.165, 1.54) is 0 Å². The number of nitrogens with one attached hydrogen (secondary N) is 1. The van der Waals surface area contributed by atoms with Crippen molar-refractivity contribution in [2.45, 2.75) is 39.0 Å². The van der Waals surface area contributed by atoms with E-state index in [1.807, 2.05) is 4.68 Å². The van der Waals surface area contributed by atoms with E-state index in [0.29, 0.717) is 0 Å². The van der Waals surface area contributed by atoms with E-state index in [0.717, 1.165) is 50.7 Å². The number of morpholine rings is 1. The van der Waals surface area contributed by atoms with Gasteiger partial charge in [0.05, 0.1) is 32.1 Å². The second-order valence-electron chi connectivity index (χ2n) is 5.27. The monoisotopic (exact) mass is 297 g/mol. The highest BCUT2D eigenvalue weighted by molar-refractivity contribution is 5.29. The predicted octanol–water partition coefficient (Wildman–Crippen LogP) is 0.527. The quantitative estimate of drug-likeness (QED) is 0.564. The Morgan fingerprint density at radius 1 is 1.57 bits per heavy atom. The van der Waals surface area contributed by atoms with Gasteiger partial charge in [0, 0.05) is 19.6 Å². The van der Waals surface area contributed by atoms with Gasteiger partial charge in [0.2, 0.25) is 0 Å². The highest BCUT2D eigenvalue weighted by Crippen LogP contribution is 2.29. The summed E-state index contributed by atoms with van der Waals surface area (Å²) in [4.78, 5) is 2.37. The molecular formula is C14H27N5O2. The molecule has 2 atom stereocenters. The molecule has 0 saturated carbocycles. The first-order valence-corrected chi connectivity index (χ1v) is 7.64. The highest BCUT2D eigenvalue weighted by Gasteiger charge is 2.32. The smallest absolute Gasteiger partial charge is 0.161 e. The van der Waals surface area contributed by atoms with E-state index in [2.05, 4.69) is 29.3 Å². The first kappa shape index (κ1) is 16.2. The number of likely N-dealkylation sites (N-methyl/N-ethyl adjacent to an activating group) is 1. The van der Waals surface area contributed by atoms with Crippen LogP contribution in [-0.2, 0) is 11.3 Å². The molecule has 2 rings (SSSR count). The molecule has 1 fully saturated rings. The first-order valence-electron chi connectivity index (χ1n) is 7.64. The van der Waals surface area contributed by atoms with E-state index < -0.39 is 0 Å². The maximum absolute atomic E-state index is 5.94. The largest absolute Gasteiger partial charge is 0.493 e. The van der Waals surface area contributed by atoms with Gasteiger partial charge in [-0.3, -0.25) is 15.4 Å².